The van der Waals surface area contributed by atoms with Crippen molar-refractivity contribution >= 4 is 29.5 Å². The smallest absolute Gasteiger partial charge is 0.437 e. The minimum Gasteiger partial charge on any atom is -0.444 e. The molecular formula is C17H23FN4O6. The van der Waals surface area contributed by atoms with E-state index in [2.05, 4.69) is 15.6 Å². The number of benzene rings is 1. The van der Waals surface area contributed by atoms with Gasteiger partial charge in [0.05, 0.1) is 10.6 Å². The number of nitro benzene ring substituents is 1. The molecule has 0 atom stereocenters. The highest BCUT2D eigenvalue weighted by molar-refractivity contribution is 6.06. The van der Waals surface area contributed by atoms with Gasteiger partial charge in [-0.25, -0.2) is 14.0 Å². The second-order valence-corrected chi connectivity index (χ2v) is 7.61. The molecule has 0 aliphatic carbocycles. The molecule has 0 saturated carbocycles. The van der Waals surface area contributed by atoms with Crippen LogP contribution < -0.4 is 10.6 Å². The molecular weight excluding hydrogens is 375 g/mol. The van der Waals surface area contributed by atoms with Gasteiger partial charge in [0.25, 0.3) is 5.69 Å². The number of nitrogens with one attached hydrogen (secondary N) is 2. The number of nitrogens with zero attached hydrogens (tertiary/aromatic N) is 2. The van der Waals surface area contributed by atoms with Crippen LogP contribution in [0.3, 0.4) is 0 Å². The molecule has 0 spiro atoms. The van der Waals surface area contributed by atoms with Gasteiger partial charge in [-0.05, 0) is 47.6 Å². The van der Waals surface area contributed by atoms with Crippen LogP contribution in [0.25, 0.3) is 0 Å². The lowest BCUT2D eigenvalue weighted by molar-refractivity contribution is -0.384. The Bertz CT molecular complexity index is 796. The van der Waals surface area contributed by atoms with Crippen molar-refractivity contribution in [1.82, 2.24) is 5.32 Å². The number of guanidine groups is 1. The van der Waals surface area contributed by atoms with E-state index in [4.69, 9.17) is 9.47 Å². The van der Waals surface area contributed by atoms with E-state index in [1.54, 1.807) is 41.5 Å². The molecule has 0 bridgehead atoms. The first-order chi connectivity index (χ1) is 12.7. The third kappa shape index (κ3) is 8.43. The molecule has 2 amide bonds. The van der Waals surface area contributed by atoms with Gasteiger partial charge in [0, 0.05) is 12.1 Å². The molecule has 0 unspecified atom stereocenters. The van der Waals surface area contributed by atoms with E-state index in [0.29, 0.717) is 0 Å². The van der Waals surface area contributed by atoms with Crippen LogP contribution in [-0.4, -0.2) is 34.3 Å². The van der Waals surface area contributed by atoms with Crippen LogP contribution in [0.15, 0.2) is 23.2 Å². The van der Waals surface area contributed by atoms with E-state index in [9.17, 15) is 24.1 Å². The summed E-state index contributed by atoms with van der Waals surface area (Å²) in [6.07, 6.45) is -2.05. The van der Waals surface area contributed by atoms with Crippen LogP contribution in [0, 0.1) is 15.9 Å². The van der Waals surface area contributed by atoms with E-state index in [1.807, 2.05) is 0 Å². The fraction of sp³-hybridized carbons (Fsp3) is 0.471. The number of ether oxygens (including phenoxy) is 2. The van der Waals surface area contributed by atoms with Crippen molar-refractivity contribution in [2.24, 2.45) is 4.99 Å². The Balaban J connectivity index is 3.17. The number of rotatable bonds is 2. The number of carbonyl (C=O) groups is 2. The maximum Gasteiger partial charge on any atom is 0.437 e. The van der Waals surface area contributed by atoms with Gasteiger partial charge < -0.3 is 14.8 Å². The predicted molar refractivity (Wildman–Crippen MR) is 99.7 cm³/mol. The van der Waals surface area contributed by atoms with Gasteiger partial charge in [-0.2, -0.15) is 0 Å². The fourth-order valence-corrected chi connectivity index (χ4v) is 1.71. The molecule has 0 aliphatic heterocycles. The van der Waals surface area contributed by atoms with E-state index < -0.39 is 45.8 Å². The van der Waals surface area contributed by atoms with Crippen molar-refractivity contribution in [2.45, 2.75) is 52.7 Å². The average Bonchev–Trinajstić information content (AvgIpc) is 2.44. The Labute approximate surface area is 161 Å². The lowest BCUT2D eigenvalue weighted by Crippen LogP contribution is -2.40. The zero-order valence-corrected chi connectivity index (χ0v) is 16.5. The second-order valence-electron chi connectivity index (χ2n) is 7.61. The summed E-state index contributed by atoms with van der Waals surface area (Å²) < 4.78 is 24.1. The minimum absolute atomic E-state index is 0.382. The standard InChI is InChI=1S/C17H23FN4O6/c1-16(2,3)27-14(23)20-13(21-15(24)28-17(4,5)6)19-12-9-10(22(25)26)7-8-11(12)18/h7-9H,1-6H3,(H2,19,20,21,23,24). The number of aliphatic imine (C=N–C) groups is 1. The summed E-state index contributed by atoms with van der Waals surface area (Å²) in [4.78, 5) is 37.6. The van der Waals surface area contributed by atoms with Crippen LogP contribution in [0.5, 0.6) is 0 Å². The maximum absolute atomic E-state index is 14.0. The summed E-state index contributed by atoms with van der Waals surface area (Å²) in [6.45, 7) is 9.67. The Morgan fingerprint density at radius 2 is 1.68 bits per heavy atom. The largest absolute Gasteiger partial charge is 0.444 e. The normalized spacial score (nSPS) is 12.2. The number of carbonyl (C=O) groups excluding carboxylic acids is 2. The molecule has 28 heavy (non-hydrogen) atoms. The van der Waals surface area contributed by atoms with Crippen LogP contribution in [-0.2, 0) is 9.47 Å². The SMILES string of the molecule is CC(C)(C)OC(=O)/N=C(\NC(=O)OC(C)(C)C)Nc1cc([N+](=O)[O-])ccc1F. The van der Waals surface area contributed by atoms with Crippen LogP contribution in [0.1, 0.15) is 41.5 Å². The highest BCUT2D eigenvalue weighted by Crippen LogP contribution is 2.21. The number of hydrogen-bond donors (Lipinski definition) is 2. The van der Waals surface area contributed by atoms with Crippen molar-refractivity contribution in [3.05, 3.63) is 34.1 Å². The van der Waals surface area contributed by atoms with Crippen molar-refractivity contribution in [2.75, 3.05) is 5.32 Å². The zero-order valence-electron chi connectivity index (χ0n) is 16.5. The molecule has 1 rings (SSSR count). The predicted octanol–water partition coefficient (Wildman–Crippen LogP) is 3.96. The summed E-state index contributed by atoms with van der Waals surface area (Å²) in [5, 5.41) is 15.4. The fourth-order valence-electron chi connectivity index (χ4n) is 1.71. The van der Waals surface area contributed by atoms with Gasteiger partial charge in [-0.1, -0.05) is 0 Å². The van der Waals surface area contributed by atoms with Crippen molar-refractivity contribution < 1.29 is 28.4 Å². The number of nitro groups is 1. The second kappa shape index (κ2) is 8.63. The molecule has 11 heteroatoms. The summed E-state index contributed by atoms with van der Waals surface area (Å²) in [5.41, 5.74) is -2.50. The Hall–Kier alpha value is -3.24. The maximum atomic E-state index is 14.0. The highest BCUT2D eigenvalue weighted by atomic mass is 19.1. The number of halogens is 1. The van der Waals surface area contributed by atoms with Gasteiger partial charge >= 0.3 is 12.2 Å². The number of amides is 2. The molecule has 10 nitrogen and oxygen atoms in total. The molecule has 154 valence electrons. The third-order valence-corrected chi connectivity index (χ3v) is 2.63. The molecule has 0 fully saturated rings. The average molecular weight is 398 g/mol. The third-order valence-electron chi connectivity index (χ3n) is 2.63. The molecule has 0 radical (unpaired) electrons. The zero-order chi connectivity index (χ0) is 21.7. The van der Waals surface area contributed by atoms with Crippen LogP contribution in [0.4, 0.5) is 25.4 Å². The summed E-state index contributed by atoms with van der Waals surface area (Å²) in [7, 11) is 0. The number of alkyl carbamates (subject to hydrolysis) is 1. The summed E-state index contributed by atoms with van der Waals surface area (Å²) >= 11 is 0. The Morgan fingerprint density at radius 3 is 2.18 bits per heavy atom. The van der Waals surface area contributed by atoms with Crippen molar-refractivity contribution in [3.8, 4) is 0 Å². The number of hydrogen-bond acceptors (Lipinski definition) is 6. The summed E-state index contributed by atoms with van der Waals surface area (Å²) in [5.74, 6) is -1.39. The van der Waals surface area contributed by atoms with Crippen molar-refractivity contribution in [1.29, 1.82) is 0 Å². The molecule has 1 aromatic carbocycles. The first kappa shape index (κ1) is 22.8. The first-order valence-electron chi connectivity index (χ1n) is 8.19. The molecule has 0 saturated heterocycles. The van der Waals surface area contributed by atoms with E-state index in [0.717, 1.165) is 18.2 Å². The van der Waals surface area contributed by atoms with Crippen molar-refractivity contribution in [3.63, 3.8) is 0 Å². The minimum atomic E-state index is -1.07. The van der Waals surface area contributed by atoms with Gasteiger partial charge in [-0.15, -0.1) is 4.99 Å². The van der Waals surface area contributed by atoms with E-state index in [1.165, 1.54) is 0 Å². The lowest BCUT2D eigenvalue weighted by atomic mass is 10.2. The van der Waals surface area contributed by atoms with Gasteiger partial charge in [0.15, 0.2) is 0 Å². The van der Waals surface area contributed by atoms with Gasteiger partial charge in [-0.3, -0.25) is 15.4 Å². The number of non-ortho nitro benzene ring substituents is 1. The molecule has 0 heterocycles. The topological polar surface area (TPSA) is 132 Å². The van der Waals surface area contributed by atoms with E-state index in [-0.39, 0.29) is 5.69 Å². The lowest BCUT2D eigenvalue weighted by Gasteiger charge is -2.21. The van der Waals surface area contributed by atoms with Crippen LogP contribution in [0.2, 0.25) is 0 Å². The monoisotopic (exact) mass is 398 g/mol. The highest BCUT2D eigenvalue weighted by Gasteiger charge is 2.21. The molecule has 0 aromatic heterocycles. The molecule has 1 aromatic rings. The quantitative estimate of drug-likeness (QED) is 0.333. The van der Waals surface area contributed by atoms with Gasteiger partial charge in [0.2, 0.25) is 5.96 Å². The van der Waals surface area contributed by atoms with Gasteiger partial charge in [0.1, 0.15) is 17.0 Å². The van der Waals surface area contributed by atoms with E-state index >= 15 is 0 Å². The Kier molecular flexibility index (Phi) is 7.03. The van der Waals surface area contributed by atoms with Crippen LogP contribution >= 0.6 is 0 Å². The number of anilines is 1. The molecule has 0 aliphatic rings. The Morgan fingerprint density at radius 1 is 1.11 bits per heavy atom. The first-order valence-corrected chi connectivity index (χ1v) is 8.19. The molecule has 2 N–H and O–H groups in total. The summed E-state index contributed by atoms with van der Waals surface area (Å²) in [6, 6.07) is 2.71.